The third-order valence-corrected chi connectivity index (χ3v) is 4.45. The number of fused-ring (bicyclic) bond motifs is 2. The normalized spacial score (nSPS) is 38.6. The van der Waals surface area contributed by atoms with Gasteiger partial charge in [0.1, 0.15) is 6.10 Å². The molecule has 0 saturated carbocycles. The minimum absolute atomic E-state index is 0.232. The van der Waals surface area contributed by atoms with Gasteiger partial charge < -0.3 is 15.4 Å². The molecule has 0 aromatic rings. The first-order valence-corrected chi connectivity index (χ1v) is 6.66. The molecule has 17 heavy (non-hydrogen) atoms. The summed E-state index contributed by atoms with van der Waals surface area (Å²) in [6, 6.07) is 1.05. The number of allylic oxidation sites excluding steroid dienone is 1. The highest BCUT2D eigenvalue weighted by Crippen LogP contribution is 2.40. The van der Waals surface area contributed by atoms with Crippen molar-refractivity contribution in [1.82, 2.24) is 10.6 Å². The van der Waals surface area contributed by atoms with E-state index in [0.717, 1.165) is 6.54 Å². The van der Waals surface area contributed by atoms with Crippen LogP contribution in [-0.4, -0.2) is 24.7 Å². The summed E-state index contributed by atoms with van der Waals surface area (Å²) in [6.07, 6.45) is 11.2. The second kappa shape index (κ2) is 3.64. The maximum atomic E-state index is 5.88. The highest BCUT2D eigenvalue weighted by atomic mass is 16.5. The fourth-order valence-corrected chi connectivity index (χ4v) is 3.67. The van der Waals surface area contributed by atoms with Gasteiger partial charge in [-0.25, -0.2) is 0 Å². The number of rotatable bonds is 0. The maximum absolute atomic E-state index is 5.88. The van der Waals surface area contributed by atoms with Crippen LogP contribution in [0.1, 0.15) is 25.7 Å². The zero-order valence-corrected chi connectivity index (χ0v) is 9.91. The summed E-state index contributed by atoms with van der Waals surface area (Å²) in [6.45, 7) is 1.09. The van der Waals surface area contributed by atoms with Gasteiger partial charge in [0.2, 0.25) is 0 Å². The molecule has 0 aromatic heterocycles. The summed E-state index contributed by atoms with van der Waals surface area (Å²) in [4.78, 5) is 0. The molecule has 2 heterocycles. The Morgan fingerprint density at radius 2 is 2.29 bits per heavy atom. The van der Waals surface area contributed by atoms with Crippen molar-refractivity contribution < 1.29 is 4.74 Å². The molecule has 90 valence electrons. The fraction of sp³-hybridized carbons (Fsp3) is 0.571. The Labute approximate surface area is 102 Å². The molecule has 0 spiro atoms. The number of hydrogen-bond donors (Lipinski definition) is 2. The van der Waals surface area contributed by atoms with Gasteiger partial charge in [-0.3, -0.25) is 0 Å². The van der Waals surface area contributed by atoms with E-state index in [2.05, 4.69) is 16.7 Å². The molecule has 0 bridgehead atoms. The lowest BCUT2D eigenvalue weighted by Crippen LogP contribution is -2.43. The molecule has 0 saturated heterocycles. The van der Waals surface area contributed by atoms with Crippen LogP contribution in [0.15, 0.2) is 35.3 Å². The summed E-state index contributed by atoms with van der Waals surface area (Å²) in [7, 11) is 0. The van der Waals surface area contributed by atoms with Crippen LogP contribution in [0.2, 0.25) is 0 Å². The van der Waals surface area contributed by atoms with Crippen LogP contribution in [-0.2, 0) is 4.74 Å². The molecule has 0 fully saturated rings. The van der Waals surface area contributed by atoms with E-state index in [0.29, 0.717) is 12.1 Å². The molecular weight excluding hydrogens is 212 g/mol. The van der Waals surface area contributed by atoms with Gasteiger partial charge in [-0.15, -0.1) is 0 Å². The van der Waals surface area contributed by atoms with Gasteiger partial charge in [-0.05, 0) is 36.8 Å². The van der Waals surface area contributed by atoms with Gasteiger partial charge in [0.15, 0.2) is 0 Å². The van der Waals surface area contributed by atoms with Gasteiger partial charge >= 0.3 is 0 Å². The lowest BCUT2D eigenvalue weighted by atomic mass is 9.85. The molecule has 4 aliphatic rings. The number of ether oxygens (including phenoxy) is 1. The smallest absolute Gasteiger partial charge is 0.143 e. The fourth-order valence-electron chi connectivity index (χ4n) is 3.67. The van der Waals surface area contributed by atoms with Crippen molar-refractivity contribution in [2.24, 2.45) is 0 Å². The molecule has 3 atom stereocenters. The molecule has 3 unspecified atom stereocenters. The third kappa shape index (κ3) is 1.38. The number of hydrogen-bond acceptors (Lipinski definition) is 3. The zero-order chi connectivity index (χ0) is 11.2. The monoisotopic (exact) mass is 230 g/mol. The lowest BCUT2D eigenvalue weighted by molar-refractivity contribution is 0.120. The van der Waals surface area contributed by atoms with Gasteiger partial charge in [0.05, 0.1) is 12.3 Å². The summed E-state index contributed by atoms with van der Waals surface area (Å²) < 4.78 is 5.88. The molecular formula is C14H18N2O. The Hall–Kier alpha value is -1.22. The predicted molar refractivity (Wildman–Crippen MR) is 66.3 cm³/mol. The molecule has 4 rings (SSSR count). The van der Waals surface area contributed by atoms with Gasteiger partial charge in [0, 0.05) is 18.8 Å². The minimum atomic E-state index is 0.232. The van der Waals surface area contributed by atoms with Crippen molar-refractivity contribution in [3.8, 4) is 0 Å². The molecule has 3 heteroatoms. The molecule has 0 amide bonds. The average Bonchev–Trinajstić information content (AvgIpc) is 2.72. The summed E-state index contributed by atoms with van der Waals surface area (Å²) >= 11 is 0. The minimum Gasteiger partial charge on any atom is -0.490 e. The quantitative estimate of drug-likeness (QED) is 0.663. The Morgan fingerprint density at radius 3 is 3.29 bits per heavy atom. The van der Waals surface area contributed by atoms with Crippen LogP contribution in [0.3, 0.4) is 0 Å². The molecule has 0 radical (unpaired) electrons. The Balaban J connectivity index is 1.79. The third-order valence-electron chi connectivity index (χ3n) is 4.45. The van der Waals surface area contributed by atoms with Crippen LogP contribution in [0.5, 0.6) is 0 Å². The largest absolute Gasteiger partial charge is 0.490 e. The van der Waals surface area contributed by atoms with Crippen molar-refractivity contribution in [2.75, 3.05) is 6.54 Å². The van der Waals surface area contributed by atoms with E-state index in [1.165, 1.54) is 31.3 Å². The number of nitrogens with one attached hydrogen (secondary N) is 2. The second-order valence-electron chi connectivity index (χ2n) is 5.36. The van der Waals surface area contributed by atoms with Crippen molar-refractivity contribution >= 4 is 0 Å². The Morgan fingerprint density at radius 1 is 1.29 bits per heavy atom. The summed E-state index contributed by atoms with van der Waals surface area (Å²) in [5.41, 5.74) is 4.67. The average molecular weight is 230 g/mol. The molecule has 3 nitrogen and oxygen atoms in total. The van der Waals surface area contributed by atoms with Crippen molar-refractivity contribution in [2.45, 2.75) is 43.9 Å². The molecule has 2 N–H and O–H groups in total. The summed E-state index contributed by atoms with van der Waals surface area (Å²) in [5.74, 6) is 0. The first-order valence-electron chi connectivity index (χ1n) is 6.66. The zero-order valence-electron chi connectivity index (χ0n) is 9.91. The van der Waals surface area contributed by atoms with Crippen LogP contribution in [0.25, 0.3) is 0 Å². The summed E-state index contributed by atoms with van der Waals surface area (Å²) in [5, 5.41) is 7.10. The topological polar surface area (TPSA) is 33.3 Å². The van der Waals surface area contributed by atoms with Crippen molar-refractivity contribution in [1.29, 1.82) is 0 Å². The van der Waals surface area contributed by atoms with Crippen LogP contribution < -0.4 is 10.6 Å². The lowest BCUT2D eigenvalue weighted by Gasteiger charge is -2.34. The van der Waals surface area contributed by atoms with Crippen molar-refractivity contribution in [3.05, 3.63) is 35.3 Å². The van der Waals surface area contributed by atoms with Crippen molar-refractivity contribution in [3.63, 3.8) is 0 Å². The predicted octanol–water partition coefficient (Wildman–Crippen LogP) is 1.60. The molecule has 2 aliphatic carbocycles. The Kier molecular flexibility index (Phi) is 2.09. The van der Waals surface area contributed by atoms with E-state index in [4.69, 9.17) is 4.74 Å². The highest BCUT2D eigenvalue weighted by Gasteiger charge is 2.39. The van der Waals surface area contributed by atoms with E-state index in [1.54, 1.807) is 17.4 Å². The standard InChI is InChI=1S/C14H18N2O/c1-2-10-13-9(8-16-11(13)3-1)4-5-12-14(10)17-7-6-15-12/h2,6-7,11-12,14-16H,1,3-5,8H2. The maximum Gasteiger partial charge on any atom is 0.143 e. The van der Waals surface area contributed by atoms with Crippen LogP contribution in [0.4, 0.5) is 0 Å². The Bertz CT molecular complexity index is 436. The van der Waals surface area contributed by atoms with E-state index in [-0.39, 0.29) is 6.10 Å². The first-order chi connectivity index (χ1) is 8.43. The second-order valence-corrected chi connectivity index (χ2v) is 5.36. The SMILES string of the molecule is C1=COC2C3=CCCC4NCC(=C34)CCC2N1. The van der Waals surface area contributed by atoms with Gasteiger partial charge in [-0.2, -0.15) is 0 Å². The van der Waals surface area contributed by atoms with E-state index >= 15 is 0 Å². The van der Waals surface area contributed by atoms with E-state index in [1.807, 2.05) is 6.20 Å². The first kappa shape index (κ1) is 9.77. The van der Waals surface area contributed by atoms with E-state index < -0.39 is 0 Å². The van der Waals surface area contributed by atoms with Crippen LogP contribution in [0, 0.1) is 0 Å². The van der Waals surface area contributed by atoms with Gasteiger partial charge in [-0.1, -0.05) is 11.6 Å². The molecule has 0 aromatic carbocycles. The van der Waals surface area contributed by atoms with Crippen LogP contribution >= 0.6 is 0 Å². The molecule has 2 aliphatic heterocycles. The highest BCUT2D eigenvalue weighted by molar-refractivity contribution is 5.49. The van der Waals surface area contributed by atoms with E-state index in [9.17, 15) is 0 Å². The van der Waals surface area contributed by atoms with Gasteiger partial charge in [0.25, 0.3) is 0 Å².